The fraction of sp³-hybridized carbons (Fsp3) is 0.375. The second-order valence-electron chi connectivity index (χ2n) is 6.23. The van der Waals surface area contributed by atoms with Gasteiger partial charge in [0, 0.05) is 18.2 Å². The van der Waals surface area contributed by atoms with Crippen LogP contribution in [0, 0.1) is 11.3 Å². The van der Waals surface area contributed by atoms with Crippen molar-refractivity contribution in [1.29, 1.82) is 5.26 Å². The first-order chi connectivity index (χ1) is 12.6. The second kappa shape index (κ2) is 5.87. The second-order valence-corrected chi connectivity index (χ2v) is 6.23. The van der Waals surface area contributed by atoms with Crippen molar-refractivity contribution in [3.63, 3.8) is 0 Å². The van der Waals surface area contributed by atoms with E-state index in [1.807, 2.05) is 0 Å². The van der Waals surface area contributed by atoms with E-state index in [0.717, 1.165) is 5.39 Å². The maximum Gasteiger partial charge on any atom is 0.222 e. The number of nitrogens with zero attached hydrogens (tertiary/aromatic N) is 7. The van der Waals surface area contributed by atoms with Crippen molar-refractivity contribution in [3.8, 4) is 17.3 Å². The maximum absolute atomic E-state index is 14.5. The number of H-pyrrole nitrogens is 1. The van der Waals surface area contributed by atoms with Crippen LogP contribution in [-0.2, 0) is 10.3 Å². The molecule has 1 N–H and O–H groups in total. The molecule has 10 heteroatoms. The number of hydrogen-bond donors (Lipinski definition) is 1. The number of likely N-dealkylation sites (tertiary alicyclic amines) is 1. The van der Waals surface area contributed by atoms with Crippen molar-refractivity contribution >= 4 is 16.9 Å². The molecule has 3 aromatic heterocycles. The molecular formula is C16H15FN8O. The molecule has 0 radical (unpaired) electrons. The minimum absolute atomic E-state index is 0.0750. The Kier molecular flexibility index (Phi) is 3.64. The molecule has 1 unspecified atom stereocenters. The zero-order valence-corrected chi connectivity index (χ0v) is 13.9. The number of nitrogens with one attached hydrogen (secondary N) is 1. The van der Waals surface area contributed by atoms with Crippen molar-refractivity contribution in [3.05, 3.63) is 24.9 Å². The molecule has 4 rings (SSSR count). The normalized spacial score (nSPS) is 16.9. The highest BCUT2D eigenvalue weighted by molar-refractivity contribution is 5.89. The van der Waals surface area contributed by atoms with E-state index in [2.05, 4.69) is 25.3 Å². The lowest BCUT2D eigenvalue weighted by Crippen LogP contribution is -2.68. The fourth-order valence-corrected chi connectivity index (χ4v) is 3.24. The van der Waals surface area contributed by atoms with E-state index < -0.39 is 11.7 Å². The summed E-state index contributed by atoms with van der Waals surface area (Å²) in [5, 5.41) is 20.8. The van der Waals surface area contributed by atoms with Crippen molar-refractivity contribution in [2.24, 2.45) is 0 Å². The van der Waals surface area contributed by atoms with Crippen molar-refractivity contribution in [2.75, 3.05) is 13.1 Å². The van der Waals surface area contributed by atoms with Gasteiger partial charge in [0.05, 0.1) is 36.6 Å². The van der Waals surface area contributed by atoms with Crippen LogP contribution in [-0.4, -0.2) is 60.0 Å². The summed E-state index contributed by atoms with van der Waals surface area (Å²) < 4.78 is 15.9. The predicted octanol–water partition coefficient (Wildman–Crippen LogP) is 1.03. The van der Waals surface area contributed by atoms with Gasteiger partial charge in [-0.15, -0.1) is 0 Å². The van der Waals surface area contributed by atoms with E-state index in [9.17, 15) is 9.18 Å². The van der Waals surface area contributed by atoms with E-state index in [4.69, 9.17) is 5.26 Å². The lowest BCUT2D eigenvalue weighted by Gasteiger charge is -2.49. The van der Waals surface area contributed by atoms with E-state index in [-0.39, 0.29) is 19.0 Å². The Morgan fingerprint density at radius 1 is 1.46 bits per heavy atom. The van der Waals surface area contributed by atoms with Crippen molar-refractivity contribution in [2.45, 2.75) is 25.1 Å². The third-order valence-electron chi connectivity index (χ3n) is 4.73. The zero-order chi connectivity index (χ0) is 18.3. The Morgan fingerprint density at radius 3 is 3.00 bits per heavy atom. The van der Waals surface area contributed by atoms with Gasteiger partial charge in [-0.1, -0.05) is 6.92 Å². The summed E-state index contributed by atoms with van der Waals surface area (Å²) in [6, 6.07) is 1.65. The molecule has 0 aliphatic carbocycles. The number of carbonyl (C=O) groups excluding carboxylic acids is 1. The highest BCUT2D eigenvalue weighted by Gasteiger charge is 2.53. The van der Waals surface area contributed by atoms with Crippen molar-refractivity contribution < 1.29 is 9.18 Å². The van der Waals surface area contributed by atoms with E-state index in [1.165, 1.54) is 15.9 Å². The van der Waals surface area contributed by atoms with Gasteiger partial charge in [0.1, 0.15) is 17.9 Å². The lowest BCUT2D eigenvalue weighted by molar-refractivity contribution is -0.145. The molecule has 1 saturated heterocycles. The monoisotopic (exact) mass is 354 g/mol. The van der Waals surface area contributed by atoms with E-state index >= 15 is 0 Å². The summed E-state index contributed by atoms with van der Waals surface area (Å²) in [7, 11) is 0. The lowest BCUT2D eigenvalue weighted by atomic mass is 9.85. The zero-order valence-electron chi connectivity index (χ0n) is 13.9. The number of hydrogen-bond acceptors (Lipinski definition) is 6. The van der Waals surface area contributed by atoms with Crippen molar-refractivity contribution in [1.82, 2.24) is 34.8 Å². The summed E-state index contributed by atoms with van der Waals surface area (Å²) in [4.78, 5) is 21.7. The number of carbonyl (C=O) groups is 1. The molecule has 0 bridgehead atoms. The van der Waals surface area contributed by atoms with Gasteiger partial charge in [-0.3, -0.25) is 14.6 Å². The number of amides is 1. The molecule has 1 amide bonds. The molecule has 0 aromatic carbocycles. The summed E-state index contributed by atoms with van der Waals surface area (Å²) in [5.41, 5.74) is 0.670. The van der Waals surface area contributed by atoms with Crippen LogP contribution in [0.15, 0.2) is 24.9 Å². The third kappa shape index (κ3) is 2.24. The topological polar surface area (TPSA) is 116 Å². The first-order valence-corrected chi connectivity index (χ1v) is 8.10. The van der Waals surface area contributed by atoms with Gasteiger partial charge in [-0.2, -0.15) is 15.5 Å². The summed E-state index contributed by atoms with van der Waals surface area (Å²) in [6.45, 7) is 1.97. The molecule has 1 atom stereocenters. The Bertz CT molecular complexity index is 1010. The third-order valence-corrected chi connectivity index (χ3v) is 4.73. The quantitative estimate of drug-likeness (QED) is 0.748. The van der Waals surface area contributed by atoms with Gasteiger partial charge < -0.3 is 4.90 Å². The maximum atomic E-state index is 14.5. The summed E-state index contributed by atoms with van der Waals surface area (Å²) in [5.74, 6) is -0.0750. The first kappa shape index (κ1) is 16.1. The van der Waals surface area contributed by atoms with Crippen LogP contribution < -0.4 is 0 Å². The molecule has 26 heavy (non-hydrogen) atoms. The summed E-state index contributed by atoms with van der Waals surface area (Å²) >= 11 is 0. The fourth-order valence-electron chi connectivity index (χ4n) is 3.24. The number of aromatic nitrogens is 6. The Hall–Kier alpha value is -3.35. The van der Waals surface area contributed by atoms with Gasteiger partial charge in [0.2, 0.25) is 12.1 Å². The van der Waals surface area contributed by atoms with Crippen LogP contribution in [0.5, 0.6) is 0 Å². The number of fused-ring (bicyclic) bond motifs is 1. The smallest absolute Gasteiger partial charge is 0.222 e. The van der Waals surface area contributed by atoms with Crippen LogP contribution in [0.2, 0.25) is 0 Å². The molecule has 1 aliphatic heterocycles. The van der Waals surface area contributed by atoms with Crippen LogP contribution in [0.25, 0.3) is 22.3 Å². The Labute approximate surface area is 147 Å². The molecule has 0 spiro atoms. The molecule has 132 valence electrons. The number of rotatable bonds is 4. The van der Waals surface area contributed by atoms with Gasteiger partial charge in [0.25, 0.3) is 0 Å². The molecule has 0 saturated carbocycles. The van der Waals surface area contributed by atoms with E-state index in [0.29, 0.717) is 23.3 Å². The Morgan fingerprint density at radius 2 is 2.27 bits per heavy atom. The van der Waals surface area contributed by atoms with Crippen LogP contribution in [0.3, 0.4) is 0 Å². The molecule has 9 nitrogen and oxygen atoms in total. The van der Waals surface area contributed by atoms with Crippen LogP contribution in [0.4, 0.5) is 4.39 Å². The van der Waals surface area contributed by atoms with Crippen LogP contribution >= 0.6 is 0 Å². The average molecular weight is 354 g/mol. The first-order valence-electron chi connectivity index (χ1n) is 8.10. The minimum atomic E-state index is -1.78. The molecule has 1 fully saturated rings. The predicted molar refractivity (Wildman–Crippen MR) is 88.3 cm³/mol. The molecule has 1 aliphatic rings. The molecule has 4 heterocycles. The number of alkyl halides is 1. The van der Waals surface area contributed by atoms with E-state index in [1.54, 1.807) is 31.6 Å². The SMILES string of the molecule is CCC(=O)N1CC(C(F)C#N)(n2cc(-c3ncnc4[nH]ncc34)cn2)C1. The number of nitriles is 1. The molecular weight excluding hydrogens is 339 g/mol. The van der Waals surface area contributed by atoms with Gasteiger partial charge >= 0.3 is 0 Å². The largest absolute Gasteiger partial charge is 0.337 e. The van der Waals surface area contributed by atoms with Crippen LogP contribution in [0.1, 0.15) is 13.3 Å². The Balaban J connectivity index is 1.71. The molecule has 3 aromatic rings. The summed E-state index contributed by atoms with van der Waals surface area (Å²) in [6.07, 6.45) is 4.77. The average Bonchev–Trinajstić information content (AvgIpc) is 3.29. The van der Waals surface area contributed by atoms with Gasteiger partial charge in [0.15, 0.2) is 5.65 Å². The standard InChI is InChI=1S/C16H15FN8O/c1-2-13(26)24-7-16(8-24,12(17)3-18)25-6-10(4-22-25)14-11-5-21-23-15(11)20-9-19-14/h4-6,9,12H,2,7-8H2,1H3,(H,19,20,21,23). The number of aromatic amines is 1. The van der Waals surface area contributed by atoms with Gasteiger partial charge in [-0.25, -0.2) is 14.4 Å². The highest BCUT2D eigenvalue weighted by atomic mass is 19.1. The minimum Gasteiger partial charge on any atom is -0.337 e. The highest BCUT2D eigenvalue weighted by Crippen LogP contribution is 2.36. The van der Waals surface area contributed by atoms with Gasteiger partial charge in [-0.05, 0) is 0 Å². The number of halogens is 1.